The molecule has 1 aromatic rings. The molecule has 0 aromatic heterocycles. The average Bonchev–Trinajstić information content (AvgIpc) is 2.16. The van der Waals surface area contributed by atoms with E-state index in [4.69, 9.17) is 11.6 Å². The van der Waals surface area contributed by atoms with Gasteiger partial charge in [0, 0.05) is 5.88 Å². The van der Waals surface area contributed by atoms with Crippen LogP contribution in [-0.4, -0.2) is 12.5 Å². The van der Waals surface area contributed by atoms with Gasteiger partial charge in [0.05, 0.1) is 0 Å². The molecular weight excluding hydrogens is 236 g/mol. The zero-order chi connectivity index (χ0) is 11.5. The molecule has 1 unspecified atom stereocenters. The minimum atomic E-state index is -5.02. The molecule has 0 aliphatic heterocycles. The summed E-state index contributed by atoms with van der Waals surface area (Å²) in [5, 5.41) is 0. The summed E-state index contributed by atoms with van der Waals surface area (Å²) in [6.45, 7) is 0. The number of alkyl halides is 5. The van der Waals surface area contributed by atoms with Gasteiger partial charge in [0.2, 0.25) is 0 Å². The van der Waals surface area contributed by atoms with Crippen molar-refractivity contribution in [2.45, 2.75) is 18.4 Å². The lowest BCUT2D eigenvalue weighted by Crippen LogP contribution is -2.29. The van der Waals surface area contributed by atoms with Crippen molar-refractivity contribution in [3.05, 3.63) is 29.8 Å². The summed E-state index contributed by atoms with van der Waals surface area (Å²) in [5.41, 5.74) is 0.559. The third kappa shape index (κ3) is 3.58. The Balaban J connectivity index is 2.72. The number of halogens is 5. The molecule has 0 heterocycles. The van der Waals surface area contributed by atoms with E-state index in [-0.39, 0.29) is 11.6 Å². The molecule has 1 rings (SSSR count). The summed E-state index contributed by atoms with van der Waals surface area (Å²) in [6, 6.07) is 5.52. The predicted molar refractivity (Wildman–Crippen MR) is 47.6 cm³/mol. The Labute approximate surface area is 88.6 Å². The third-order valence-electron chi connectivity index (χ3n) is 1.55. The van der Waals surface area contributed by atoms with Crippen LogP contribution in [0.3, 0.4) is 0 Å². The smallest absolute Gasteiger partial charge is 0.452 e. The standard InChI is InChI=1S/C9H7ClF4O/c10-5-6-2-1-3-7(4-6)15-8(11)9(12,13)14/h1-4,8H,5H2. The van der Waals surface area contributed by atoms with Gasteiger partial charge in [-0.3, -0.25) is 0 Å². The Morgan fingerprint density at radius 1 is 1.33 bits per heavy atom. The van der Waals surface area contributed by atoms with Crippen molar-refractivity contribution in [1.82, 2.24) is 0 Å². The Bertz CT molecular complexity index is 326. The summed E-state index contributed by atoms with van der Waals surface area (Å²) >= 11 is 5.45. The fraction of sp³-hybridized carbons (Fsp3) is 0.333. The fourth-order valence-electron chi connectivity index (χ4n) is 0.888. The maximum atomic E-state index is 12.5. The number of hydrogen-bond acceptors (Lipinski definition) is 1. The van der Waals surface area contributed by atoms with Crippen molar-refractivity contribution in [1.29, 1.82) is 0 Å². The van der Waals surface area contributed by atoms with Crippen molar-refractivity contribution in [3.8, 4) is 5.75 Å². The van der Waals surface area contributed by atoms with E-state index in [1.807, 2.05) is 0 Å². The summed E-state index contributed by atoms with van der Waals surface area (Å²) in [7, 11) is 0. The lowest BCUT2D eigenvalue weighted by molar-refractivity contribution is -0.236. The van der Waals surface area contributed by atoms with E-state index in [1.54, 1.807) is 6.07 Å². The van der Waals surface area contributed by atoms with E-state index in [0.29, 0.717) is 5.56 Å². The van der Waals surface area contributed by atoms with Crippen LogP contribution in [-0.2, 0) is 5.88 Å². The third-order valence-corrected chi connectivity index (χ3v) is 1.86. The van der Waals surface area contributed by atoms with E-state index >= 15 is 0 Å². The minimum absolute atomic E-state index is 0.125. The molecule has 1 nitrogen and oxygen atoms in total. The highest BCUT2D eigenvalue weighted by atomic mass is 35.5. The lowest BCUT2D eigenvalue weighted by Gasteiger charge is -2.14. The number of ether oxygens (including phenoxy) is 1. The van der Waals surface area contributed by atoms with E-state index in [1.165, 1.54) is 18.2 Å². The topological polar surface area (TPSA) is 9.23 Å². The predicted octanol–water partition coefficient (Wildman–Crippen LogP) is 3.66. The molecule has 15 heavy (non-hydrogen) atoms. The molecule has 84 valence electrons. The van der Waals surface area contributed by atoms with Gasteiger partial charge in [-0.1, -0.05) is 12.1 Å². The van der Waals surface area contributed by atoms with Crippen molar-refractivity contribution in [2.24, 2.45) is 0 Å². The van der Waals surface area contributed by atoms with Crippen molar-refractivity contribution in [2.75, 3.05) is 0 Å². The summed E-state index contributed by atoms with van der Waals surface area (Å²) in [4.78, 5) is 0. The molecule has 0 aliphatic rings. The fourth-order valence-corrected chi connectivity index (χ4v) is 1.05. The first kappa shape index (κ1) is 12.1. The van der Waals surface area contributed by atoms with Crippen LogP contribution < -0.4 is 4.74 Å². The van der Waals surface area contributed by atoms with Crippen LogP contribution >= 0.6 is 11.6 Å². The summed E-state index contributed by atoms with van der Waals surface area (Å²) in [6.07, 6.45) is -8.33. The first-order valence-electron chi connectivity index (χ1n) is 3.96. The number of rotatable bonds is 3. The largest absolute Gasteiger partial charge is 0.457 e. The first-order valence-corrected chi connectivity index (χ1v) is 4.49. The molecule has 0 saturated carbocycles. The van der Waals surface area contributed by atoms with E-state index in [9.17, 15) is 17.6 Å². The Hall–Kier alpha value is -0.970. The first-order chi connectivity index (χ1) is 6.93. The maximum Gasteiger partial charge on any atom is 0.457 e. The highest BCUT2D eigenvalue weighted by Gasteiger charge is 2.42. The molecule has 0 amide bonds. The number of benzene rings is 1. The minimum Gasteiger partial charge on any atom is -0.452 e. The van der Waals surface area contributed by atoms with Crippen LogP contribution in [0.2, 0.25) is 0 Å². The van der Waals surface area contributed by atoms with Crippen LogP contribution in [0.15, 0.2) is 24.3 Å². The molecule has 0 fully saturated rings. The van der Waals surface area contributed by atoms with Crippen molar-refractivity contribution < 1.29 is 22.3 Å². The van der Waals surface area contributed by atoms with Crippen LogP contribution in [0.5, 0.6) is 5.75 Å². The van der Waals surface area contributed by atoms with Gasteiger partial charge in [-0.15, -0.1) is 11.6 Å². The molecule has 6 heteroatoms. The summed E-state index contributed by atoms with van der Waals surface area (Å²) < 4.78 is 51.9. The normalized spacial score (nSPS) is 13.7. The molecule has 0 saturated heterocycles. The Kier molecular flexibility index (Phi) is 3.79. The molecule has 0 N–H and O–H groups in total. The average molecular weight is 243 g/mol. The lowest BCUT2D eigenvalue weighted by atomic mass is 10.2. The monoisotopic (exact) mass is 242 g/mol. The second-order valence-electron chi connectivity index (χ2n) is 2.76. The van der Waals surface area contributed by atoms with Gasteiger partial charge in [0.15, 0.2) is 0 Å². The molecule has 1 atom stereocenters. The van der Waals surface area contributed by atoms with Crippen LogP contribution in [0, 0.1) is 0 Å². The highest BCUT2D eigenvalue weighted by Crippen LogP contribution is 2.26. The Morgan fingerprint density at radius 3 is 2.53 bits per heavy atom. The zero-order valence-electron chi connectivity index (χ0n) is 7.39. The van der Waals surface area contributed by atoms with Crippen LogP contribution in [0.1, 0.15) is 5.56 Å². The van der Waals surface area contributed by atoms with Gasteiger partial charge in [0.25, 0.3) is 0 Å². The molecule has 0 aliphatic carbocycles. The number of hydrogen-bond donors (Lipinski definition) is 0. The van der Waals surface area contributed by atoms with E-state index < -0.39 is 12.5 Å². The zero-order valence-corrected chi connectivity index (χ0v) is 8.15. The van der Waals surface area contributed by atoms with Gasteiger partial charge in [-0.2, -0.15) is 17.6 Å². The van der Waals surface area contributed by atoms with Gasteiger partial charge in [0.1, 0.15) is 5.75 Å². The quantitative estimate of drug-likeness (QED) is 0.581. The van der Waals surface area contributed by atoms with E-state index in [0.717, 1.165) is 0 Å². The second kappa shape index (κ2) is 4.70. The van der Waals surface area contributed by atoms with Crippen molar-refractivity contribution in [3.63, 3.8) is 0 Å². The molecule has 0 spiro atoms. The molecule has 0 radical (unpaired) electrons. The van der Waals surface area contributed by atoms with Gasteiger partial charge in [-0.05, 0) is 17.7 Å². The van der Waals surface area contributed by atoms with Crippen LogP contribution in [0.4, 0.5) is 17.6 Å². The summed E-state index contributed by atoms with van der Waals surface area (Å²) in [5.74, 6) is -0.0712. The van der Waals surface area contributed by atoms with Gasteiger partial charge in [-0.25, -0.2) is 0 Å². The maximum absolute atomic E-state index is 12.5. The second-order valence-corrected chi connectivity index (χ2v) is 3.02. The highest BCUT2D eigenvalue weighted by molar-refractivity contribution is 6.17. The van der Waals surface area contributed by atoms with E-state index in [2.05, 4.69) is 4.74 Å². The molecular formula is C9H7ClF4O. The SMILES string of the molecule is FC(Oc1cccc(CCl)c1)C(F)(F)F. The van der Waals surface area contributed by atoms with Gasteiger partial charge < -0.3 is 4.74 Å². The van der Waals surface area contributed by atoms with Crippen LogP contribution in [0.25, 0.3) is 0 Å². The molecule has 1 aromatic carbocycles. The Morgan fingerprint density at radius 2 is 2.00 bits per heavy atom. The van der Waals surface area contributed by atoms with Gasteiger partial charge >= 0.3 is 12.5 Å². The van der Waals surface area contributed by atoms with Crippen molar-refractivity contribution >= 4 is 11.6 Å². The molecule has 0 bridgehead atoms.